The summed E-state index contributed by atoms with van der Waals surface area (Å²) in [5, 5.41) is 3.47. The Balaban J connectivity index is 2.23. The molecular formula is C10H21NO2S. The van der Waals surface area contributed by atoms with Gasteiger partial charge in [0.05, 0.1) is 6.04 Å². The Bertz CT molecular complexity index is 170. The van der Waals surface area contributed by atoms with Crippen LogP contribution in [-0.4, -0.2) is 44.1 Å². The summed E-state index contributed by atoms with van der Waals surface area (Å²) in [5.74, 6) is 0. The van der Waals surface area contributed by atoms with Gasteiger partial charge in [0.15, 0.2) is 6.29 Å². The summed E-state index contributed by atoms with van der Waals surface area (Å²) in [6.07, 6.45) is 4.70. The molecule has 0 aliphatic heterocycles. The van der Waals surface area contributed by atoms with Crippen LogP contribution in [0.1, 0.15) is 19.8 Å². The molecule has 4 heteroatoms. The smallest absolute Gasteiger partial charge is 0.171 e. The maximum absolute atomic E-state index is 5.19. The van der Waals surface area contributed by atoms with Crippen molar-refractivity contribution in [3.63, 3.8) is 0 Å². The average Bonchev–Trinajstić information content (AvgIpc) is 2.97. The van der Waals surface area contributed by atoms with Crippen molar-refractivity contribution >= 4 is 11.8 Å². The highest BCUT2D eigenvalue weighted by atomic mass is 32.2. The van der Waals surface area contributed by atoms with E-state index in [-0.39, 0.29) is 12.3 Å². The summed E-state index contributed by atoms with van der Waals surface area (Å²) in [4.78, 5) is 0. The van der Waals surface area contributed by atoms with Crippen LogP contribution in [0.2, 0.25) is 0 Å². The van der Waals surface area contributed by atoms with E-state index in [4.69, 9.17) is 9.47 Å². The summed E-state index contributed by atoms with van der Waals surface area (Å²) in [6.45, 7) is 3.15. The van der Waals surface area contributed by atoms with Crippen LogP contribution >= 0.6 is 11.8 Å². The van der Waals surface area contributed by atoms with E-state index < -0.39 is 0 Å². The minimum absolute atomic E-state index is 0.146. The molecule has 1 aliphatic carbocycles. The largest absolute Gasteiger partial charge is 0.354 e. The fourth-order valence-electron chi connectivity index (χ4n) is 1.54. The van der Waals surface area contributed by atoms with Crippen LogP contribution in [0.5, 0.6) is 0 Å². The first-order chi connectivity index (χ1) is 6.67. The second-order valence-electron chi connectivity index (χ2n) is 3.90. The fourth-order valence-corrected chi connectivity index (χ4v) is 2.28. The zero-order valence-electron chi connectivity index (χ0n) is 9.50. The van der Waals surface area contributed by atoms with E-state index in [0.717, 1.165) is 6.54 Å². The van der Waals surface area contributed by atoms with Crippen molar-refractivity contribution < 1.29 is 9.47 Å². The molecule has 1 unspecified atom stereocenters. The minimum Gasteiger partial charge on any atom is -0.354 e. The highest BCUT2D eigenvalue weighted by molar-refractivity contribution is 8.00. The molecule has 0 bridgehead atoms. The number of rotatable bonds is 7. The van der Waals surface area contributed by atoms with Crippen LogP contribution in [0.15, 0.2) is 0 Å². The van der Waals surface area contributed by atoms with E-state index in [0.29, 0.717) is 4.75 Å². The fraction of sp³-hybridized carbons (Fsp3) is 1.00. The molecular weight excluding hydrogens is 198 g/mol. The third-order valence-corrected chi connectivity index (χ3v) is 4.28. The zero-order chi connectivity index (χ0) is 10.6. The van der Waals surface area contributed by atoms with Gasteiger partial charge in [-0.1, -0.05) is 0 Å². The summed E-state index contributed by atoms with van der Waals surface area (Å²) in [7, 11) is 3.35. The summed E-state index contributed by atoms with van der Waals surface area (Å²) < 4.78 is 10.9. The molecule has 0 radical (unpaired) electrons. The Kier molecular flexibility index (Phi) is 4.70. The predicted octanol–water partition coefficient (Wildman–Crippen LogP) is 1.48. The van der Waals surface area contributed by atoms with Gasteiger partial charge in [0.2, 0.25) is 0 Å². The SMILES string of the molecule is COC(OC)C(C)NCC1(SC)CC1. The standard InChI is InChI=1S/C10H21NO2S/c1-8(9(12-2)13-3)11-7-10(14-4)5-6-10/h8-9,11H,5-7H2,1-4H3. The highest BCUT2D eigenvalue weighted by Gasteiger charge is 2.41. The molecule has 14 heavy (non-hydrogen) atoms. The van der Waals surface area contributed by atoms with Crippen LogP contribution in [0.4, 0.5) is 0 Å². The van der Waals surface area contributed by atoms with Crippen molar-refractivity contribution in [3.8, 4) is 0 Å². The second-order valence-corrected chi connectivity index (χ2v) is 5.17. The summed E-state index contributed by atoms with van der Waals surface area (Å²) in [5.41, 5.74) is 0. The van der Waals surface area contributed by atoms with E-state index in [1.165, 1.54) is 12.8 Å². The van der Waals surface area contributed by atoms with Gasteiger partial charge in [0.1, 0.15) is 0 Å². The van der Waals surface area contributed by atoms with Crippen molar-refractivity contribution in [1.29, 1.82) is 0 Å². The van der Waals surface area contributed by atoms with Crippen LogP contribution < -0.4 is 5.32 Å². The lowest BCUT2D eigenvalue weighted by atomic mass is 10.3. The monoisotopic (exact) mass is 219 g/mol. The minimum atomic E-state index is -0.146. The van der Waals surface area contributed by atoms with Crippen molar-refractivity contribution in [2.45, 2.75) is 36.8 Å². The van der Waals surface area contributed by atoms with Crippen molar-refractivity contribution in [2.75, 3.05) is 27.0 Å². The van der Waals surface area contributed by atoms with E-state index >= 15 is 0 Å². The van der Waals surface area contributed by atoms with Crippen LogP contribution in [0, 0.1) is 0 Å². The van der Waals surface area contributed by atoms with Gasteiger partial charge in [0.25, 0.3) is 0 Å². The molecule has 0 saturated heterocycles. The van der Waals surface area contributed by atoms with Gasteiger partial charge in [-0.25, -0.2) is 0 Å². The van der Waals surface area contributed by atoms with Gasteiger partial charge in [-0.2, -0.15) is 11.8 Å². The number of hydrogen-bond donors (Lipinski definition) is 1. The molecule has 1 aliphatic rings. The molecule has 1 rings (SSSR count). The lowest BCUT2D eigenvalue weighted by Crippen LogP contribution is -2.42. The number of ether oxygens (including phenoxy) is 2. The van der Waals surface area contributed by atoms with E-state index in [1.54, 1.807) is 14.2 Å². The normalized spacial score (nSPS) is 21.2. The first kappa shape index (κ1) is 12.3. The zero-order valence-corrected chi connectivity index (χ0v) is 10.3. The molecule has 1 fully saturated rings. The maximum Gasteiger partial charge on any atom is 0.171 e. The average molecular weight is 219 g/mol. The van der Waals surface area contributed by atoms with Gasteiger partial charge in [-0.3, -0.25) is 0 Å². The highest BCUT2D eigenvalue weighted by Crippen LogP contribution is 2.46. The Morgan fingerprint density at radius 1 is 1.36 bits per heavy atom. The third-order valence-electron chi connectivity index (χ3n) is 2.86. The molecule has 0 aromatic rings. The molecule has 0 aromatic carbocycles. The maximum atomic E-state index is 5.19. The van der Waals surface area contributed by atoms with Crippen molar-refractivity contribution in [2.24, 2.45) is 0 Å². The topological polar surface area (TPSA) is 30.5 Å². The Labute approximate surface area is 90.9 Å². The van der Waals surface area contributed by atoms with E-state index in [9.17, 15) is 0 Å². The van der Waals surface area contributed by atoms with Crippen LogP contribution in [-0.2, 0) is 9.47 Å². The quantitative estimate of drug-likeness (QED) is 0.657. The van der Waals surface area contributed by atoms with Crippen molar-refractivity contribution in [3.05, 3.63) is 0 Å². The van der Waals surface area contributed by atoms with Gasteiger partial charge < -0.3 is 14.8 Å². The van der Waals surface area contributed by atoms with E-state index in [1.807, 2.05) is 11.8 Å². The molecule has 1 atom stereocenters. The number of thioether (sulfide) groups is 1. The molecule has 0 spiro atoms. The first-order valence-electron chi connectivity index (χ1n) is 5.01. The summed E-state index contributed by atoms with van der Waals surface area (Å²) in [6, 6.07) is 0.245. The number of methoxy groups -OCH3 is 2. The Hall–Kier alpha value is 0.230. The third kappa shape index (κ3) is 3.12. The lowest BCUT2D eigenvalue weighted by molar-refractivity contribution is -0.119. The molecule has 3 nitrogen and oxygen atoms in total. The van der Waals surface area contributed by atoms with Crippen molar-refractivity contribution in [1.82, 2.24) is 5.32 Å². The van der Waals surface area contributed by atoms with Gasteiger partial charge in [0, 0.05) is 25.5 Å². The van der Waals surface area contributed by atoms with Crippen LogP contribution in [0.3, 0.4) is 0 Å². The second kappa shape index (κ2) is 5.35. The number of hydrogen-bond acceptors (Lipinski definition) is 4. The Morgan fingerprint density at radius 3 is 2.29 bits per heavy atom. The van der Waals surface area contributed by atoms with Crippen LogP contribution in [0.25, 0.3) is 0 Å². The molecule has 0 amide bonds. The molecule has 1 N–H and O–H groups in total. The van der Waals surface area contributed by atoms with E-state index in [2.05, 4.69) is 18.5 Å². The van der Waals surface area contributed by atoms with Gasteiger partial charge in [-0.05, 0) is 26.0 Å². The molecule has 84 valence electrons. The summed E-state index contributed by atoms with van der Waals surface area (Å²) >= 11 is 1.96. The first-order valence-corrected chi connectivity index (χ1v) is 6.24. The molecule has 1 saturated carbocycles. The molecule has 0 heterocycles. The van der Waals surface area contributed by atoms with Gasteiger partial charge in [-0.15, -0.1) is 0 Å². The predicted molar refractivity (Wildman–Crippen MR) is 60.8 cm³/mol. The lowest BCUT2D eigenvalue weighted by Gasteiger charge is -2.24. The van der Waals surface area contributed by atoms with Gasteiger partial charge >= 0.3 is 0 Å². The Morgan fingerprint density at radius 2 is 1.93 bits per heavy atom. The molecule has 0 aromatic heterocycles. The number of nitrogens with one attached hydrogen (secondary N) is 1.